The van der Waals surface area contributed by atoms with E-state index in [9.17, 15) is 8.78 Å². The molecule has 0 spiro atoms. The topological polar surface area (TPSA) is 27.7 Å². The van der Waals surface area contributed by atoms with Gasteiger partial charge in [-0.25, -0.2) is 8.78 Å². The highest BCUT2D eigenvalue weighted by atomic mass is 28.4. The van der Waals surface area contributed by atoms with Crippen LogP contribution in [0, 0.1) is 5.92 Å². The molecule has 3 nitrogen and oxygen atoms in total. The average molecular weight is 294 g/mol. The Labute approximate surface area is 114 Å². The number of alkyl halides is 2. The SMILES string of the molecule is CC(C)(C)[Si](C)(C)O[C@@H]1CO[C@H]2[C@@H]1OC[C@@H]2C(F)F. The number of fused-ring (bicyclic) bond motifs is 1. The van der Waals surface area contributed by atoms with Crippen LogP contribution in [0.25, 0.3) is 0 Å². The maximum atomic E-state index is 12.8. The summed E-state index contributed by atoms with van der Waals surface area (Å²) in [6, 6.07) is 0. The zero-order valence-corrected chi connectivity index (χ0v) is 13.3. The van der Waals surface area contributed by atoms with Crippen molar-refractivity contribution in [2.24, 2.45) is 5.92 Å². The lowest BCUT2D eigenvalue weighted by atomic mass is 10.0. The quantitative estimate of drug-likeness (QED) is 0.749. The van der Waals surface area contributed by atoms with Crippen molar-refractivity contribution < 1.29 is 22.7 Å². The highest BCUT2D eigenvalue weighted by molar-refractivity contribution is 6.74. The van der Waals surface area contributed by atoms with Gasteiger partial charge >= 0.3 is 0 Å². The van der Waals surface area contributed by atoms with Gasteiger partial charge in [-0.3, -0.25) is 0 Å². The van der Waals surface area contributed by atoms with Crippen LogP contribution in [0.2, 0.25) is 18.1 Å². The Kier molecular flexibility index (Phi) is 4.08. The first kappa shape index (κ1) is 15.3. The van der Waals surface area contributed by atoms with E-state index in [1.807, 2.05) is 0 Å². The maximum absolute atomic E-state index is 12.8. The third-order valence-corrected chi connectivity index (χ3v) is 9.13. The molecular formula is C13H24F2O3Si. The molecule has 0 aromatic rings. The van der Waals surface area contributed by atoms with Crippen LogP contribution in [-0.4, -0.2) is 46.3 Å². The minimum atomic E-state index is -2.39. The van der Waals surface area contributed by atoms with Gasteiger partial charge in [0.25, 0.3) is 0 Å². The van der Waals surface area contributed by atoms with Gasteiger partial charge in [0.1, 0.15) is 6.10 Å². The highest BCUT2D eigenvalue weighted by Gasteiger charge is 2.53. The summed E-state index contributed by atoms with van der Waals surface area (Å²) in [5.41, 5.74) is 0. The van der Waals surface area contributed by atoms with E-state index in [-0.39, 0.29) is 23.9 Å². The molecule has 6 heteroatoms. The molecule has 2 rings (SSSR count). The summed E-state index contributed by atoms with van der Waals surface area (Å²) in [6.07, 6.45) is -3.42. The molecule has 4 atom stereocenters. The normalized spacial score (nSPS) is 36.0. The van der Waals surface area contributed by atoms with Gasteiger partial charge in [-0.15, -0.1) is 0 Å². The molecule has 0 aliphatic carbocycles. The molecule has 2 aliphatic heterocycles. The molecule has 0 unspecified atom stereocenters. The van der Waals surface area contributed by atoms with Gasteiger partial charge in [-0.05, 0) is 18.1 Å². The fraction of sp³-hybridized carbons (Fsp3) is 1.00. The summed E-state index contributed by atoms with van der Waals surface area (Å²) in [7, 11) is -1.93. The van der Waals surface area contributed by atoms with Crippen molar-refractivity contribution in [3.63, 3.8) is 0 Å². The van der Waals surface area contributed by atoms with E-state index in [0.717, 1.165) is 0 Å². The van der Waals surface area contributed by atoms with Crippen LogP contribution in [0.1, 0.15) is 20.8 Å². The monoisotopic (exact) mass is 294 g/mol. The van der Waals surface area contributed by atoms with Gasteiger partial charge in [0, 0.05) is 0 Å². The minimum Gasteiger partial charge on any atom is -0.409 e. The third kappa shape index (κ3) is 2.86. The molecule has 0 bridgehead atoms. The number of hydrogen-bond acceptors (Lipinski definition) is 3. The number of rotatable bonds is 3. The van der Waals surface area contributed by atoms with E-state index >= 15 is 0 Å². The van der Waals surface area contributed by atoms with Crippen LogP contribution in [-0.2, 0) is 13.9 Å². The second-order valence-corrected chi connectivity index (χ2v) is 11.8. The summed E-state index contributed by atoms with van der Waals surface area (Å²) in [5, 5.41) is 0.0891. The Balaban J connectivity index is 2.02. The molecule has 19 heavy (non-hydrogen) atoms. The molecular weight excluding hydrogens is 270 g/mol. The lowest BCUT2D eigenvalue weighted by Gasteiger charge is -2.39. The van der Waals surface area contributed by atoms with Crippen LogP contribution < -0.4 is 0 Å². The van der Waals surface area contributed by atoms with Crippen molar-refractivity contribution in [3.05, 3.63) is 0 Å². The molecule has 0 amide bonds. The van der Waals surface area contributed by atoms with Crippen LogP contribution in [0.5, 0.6) is 0 Å². The largest absolute Gasteiger partial charge is 0.409 e. The van der Waals surface area contributed by atoms with Crippen molar-refractivity contribution >= 4 is 8.32 Å². The molecule has 0 radical (unpaired) electrons. The number of halogens is 2. The first-order chi connectivity index (χ1) is 8.63. The predicted octanol–water partition coefficient (Wildman–Crippen LogP) is 3.06. The van der Waals surface area contributed by atoms with Gasteiger partial charge in [-0.1, -0.05) is 20.8 Å². The van der Waals surface area contributed by atoms with Gasteiger partial charge in [0.2, 0.25) is 6.43 Å². The lowest BCUT2D eigenvalue weighted by Crippen LogP contribution is -2.47. The smallest absolute Gasteiger partial charge is 0.246 e. The molecule has 2 aliphatic rings. The van der Waals surface area contributed by atoms with Crippen LogP contribution in [0.3, 0.4) is 0 Å². The first-order valence-corrected chi connectivity index (χ1v) is 9.73. The molecule has 112 valence electrons. The van der Waals surface area contributed by atoms with E-state index in [1.54, 1.807) is 0 Å². The van der Waals surface area contributed by atoms with Gasteiger partial charge in [0.15, 0.2) is 8.32 Å². The minimum absolute atomic E-state index is 0.0738. The standard InChI is InChI=1S/C13H24F2O3Si/c1-13(2,3)19(4,5)18-9-7-17-10-8(12(14)15)6-16-11(9)10/h8-12H,6-7H2,1-5H3/t8-,9+,10+,11+/m0/s1. The second kappa shape index (κ2) is 5.06. The Morgan fingerprint density at radius 1 is 1.11 bits per heavy atom. The first-order valence-electron chi connectivity index (χ1n) is 6.82. The lowest BCUT2D eigenvalue weighted by molar-refractivity contribution is -0.0122. The molecule has 2 saturated heterocycles. The Hall–Kier alpha value is -0.0431. The highest BCUT2D eigenvalue weighted by Crippen LogP contribution is 2.41. The Bertz CT molecular complexity index is 330. The fourth-order valence-electron chi connectivity index (χ4n) is 2.37. The predicted molar refractivity (Wildman–Crippen MR) is 71.0 cm³/mol. The summed E-state index contributed by atoms with van der Waals surface area (Å²) in [6.45, 7) is 11.2. The van der Waals surface area contributed by atoms with Crippen LogP contribution in [0.4, 0.5) is 8.78 Å². The molecule has 2 heterocycles. The van der Waals surface area contributed by atoms with Crippen molar-refractivity contribution in [2.75, 3.05) is 13.2 Å². The van der Waals surface area contributed by atoms with Crippen molar-refractivity contribution in [1.29, 1.82) is 0 Å². The van der Waals surface area contributed by atoms with Crippen molar-refractivity contribution in [1.82, 2.24) is 0 Å². The van der Waals surface area contributed by atoms with Crippen molar-refractivity contribution in [2.45, 2.75) is 63.6 Å². The number of hydrogen-bond donors (Lipinski definition) is 0. The molecule has 0 aromatic carbocycles. The fourth-order valence-corrected chi connectivity index (χ4v) is 3.68. The Morgan fingerprint density at radius 3 is 2.21 bits per heavy atom. The van der Waals surface area contributed by atoms with Crippen LogP contribution >= 0.6 is 0 Å². The molecule has 2 fully saturated rings. The molecule has 0 N–H and O–H groups in total. The van der Waals surface area contributed by atoms with E-state index in [2.05, 4.69) is 33.9 Å². The van der Waals surface area contributed by atoms with Gasteiger partial charge in [-0.2, -0.15) is 0 Å². The maximum Gasteiger partial charge on any atom is 0.246 e. The van der Waals surface area contributed by atoms with Crippen LogP contribution in [0.15, 0.2) is 0 Å². The summed E-state index contributed by atoms with van der Waals surface area (Å²) < 4.78 is 43.0. The van der Waals surface area contributed by atoms with E-state index in [0.29, 0.717) is 6.61 Å². The van der Waals surface area contributed by atoms with Gasteiger partial charge in [0.05, 0.1) is 31.3 Å². The van der Waals surface area contributed by atoms with Gasteiger partial charge < -0.3 is 13.9 Å². The molecule has 0 aromatic heterocycles. The Morgan fingerprint density at radius 2 is 1.68 bits per heavy atom. The second-order valence-electron chi connectivity index (χ2n) is 7.01. The summed E-state index contributed by atoms with van der Waals surface area (Å²) in [5.74, 6) is -0.807. The number of ether oxygens (including phenoxy) is 2. The average Bonchev–Trinajstić information content (AvgIpc) is 2.78. The summed E-state index contributed by atoms with van der Waals surface area (Å²) in [4.78, 5) is 0. The zero-order valence-electron chi connectivity index (χ0n) is 12.3. The molecule has 0 saturated carbocycles. The van der Waals surface area contributed by atoms with E-state index in [1.165, 1.54) is 0 Å². The summed E-state index contributed by atoms with van der Waals surface area (Å²) >= 11 is 0. The zero-order chi connectivity index (χ0) is 14.4. The van der Waals surface area contributed by atoms with Crippen molar-refractivity contribution in [3.8, 4) is 0 Å². The van der Waals surface area contributed by atoms with E-state index < -0.39 is 26.8 Å². The third-order valence-electron chi connectivity index (χ3n) is 4.62. The van der Waals surface area contributed by atoms with E-state index in [4.69, 9.17) is 13.9 Å².